The number of rotatable bonds is 6. The number of benzene rings is 2. The summed E-state index contributed by atoms with van der Waals surface area (Å²) in [6, 6.07) is 8.96. The maximum atomic E-state index is 12.6. The van der Waals surface area contributed by atoms with Gasteiger partial charge in [-0.25, -0.2) is 4.79 Å². The number of Topliss-reactive ketones (excluding diaryl/α,β-unsaturated/α-hetero) is 1. The minimum absolute atomic E-state index is 0.0386. The van der Waals surface area contributed by atoms with Gasteiger partial charge in [-0.2, -0.15) is 0 Å². The molecule has 2 aromatic carbocycles. The summed E-state index contributed by atoms with van der Waals surface area (Å²) < 4.78 is 15.9. The Hall–Kier alpha value is -3.68. The first-order valence-corrected chi connectivity index (χ1v) is 8.50. The number of aryl methyl sites for hydroxylation is 1. The Labute approximate surface area is 160 Å². The molecule has 0 saturated carbocycles. The Morgan fingerprint density at radius 2 is 1.96 bits per heavy atom. The van der Waals surface area contributed by atoms with E-state index in [-0.39, 0.29) is 30.4 Å². The van der Waals surface area contributed by atoms with Crippen molar-refractivity contribution in [1.29, 1.82) is 0 Å². The number of carbonyl (C=O) groups excluding carboxylic acids is 2. The highest BCUT2D eigenvalue weighted by Crippen LogP contribution is 2.37. The summed E-state index contributed by atoms with van der Waals surface area (Å²) in [6.45, 7) is 3.47. The first-order chi connectivity index (χ1) is 13.4. The van der Waals surface area contributed by atoms with Gasteiger partial charge in [-0.1, -0.05) is 0 Å². The first kappa shape index (κ1) is 19.1. The summed E-state index contributed by atoms with van der Waals surface area (Å²) in [6.07, 6.45) is 1.52. The van der Waals surface area contributed by atoms with E-state index >= 15 is 0 Å². The van der Waals surface area contributed by atoms with Crippen LogP contribution in [0.1, 0.15) is 28.4 Å². The molecule has 3 rings (SSSR count). The van der Waals surface area contributed by atoms with Crippen LogP contribution in [0.3, 0.4) is 0 Å². The van der Waals surface area contributed by atoms with Gasteiger partial charge in [0, 0.05) is 18.2 Å². The lowest BCUT2D eigenvalue weighted by Gasteiger charge is -2.08. The second-order valence-electron chi connectivity index (χ2n) is 6.00. The van der Waals surface area contributed by atoms with E-state index in [2.05, 4.69) is 0 Å². The number of non-ortho nitro benzene ring substituents is 1. The Morgan fingerprint density at radius 3 is 2.61 bits per heavy atom. The SMILES string of the molecule is CCOC(=O)COc1cc(C)c2c(c1)O/C(=C\c1ccc([N+](=O)[O-])cc1)C2=O. The van der Waals surface area contributed by atoms with Gasteiger partial charge < -0.3 is 14.2 Å². The molecule has 0 bridgehead atoms. The van der Waals surface area contributed by atoms with Crippen LogP contribution in [-0.2, 0) is 9.53 Å². The number of ether oxygens (including phenoxy) is 3. The Morgan fingerprint density at radius 1 is 1.25 bits per heavy atom. The van der Waals surface area contributed by atoms with Crippen LogP contribution in [0.15, 0.2) is 42.2 Å². The van der Waals surface area contributed by atoms with E-state index in [1.165, 1.54) is 36.4 Å². The number of ketones is 1. The predicted octanol–water partition coefficient (Wildman–Crippen LogP) is 3.46. The fourth-order valence-electron chi connectivity index (χ4n) is 2.75. The number of nitrogens with zero attached hydrogens (tertiary/aromatic N) is 1. The van der Waals surface area contributed by atoms with Crippen molar-refractivity contribution < 1.29 is 28.7 Å². The van der Waals surface area contributed by atoms with Gasteiger partial charge in [0.15, 0.2) is 12.4 Å². The topological polar surface area (TPSA) is 105 Å². The molecule has 1 heterocycles. The minimum Gasteiger partial charge on any atom is -0.482 e. The average molecular weight is 383 g/mol. The third-order valence-corrected chi connectivity index (χ3v) is 4.01. The largest absolute Gasteiger partial charge is 0.482 e. The fraction of sp³-hybridized carbons (Fsp3) is 0.200. The van der Waals surface area contributed by atoms with Crippen molar-refractivity contribution >= 4 is 23.5 Å². The van der Waals surface area contributed by atoms with Crippen molar-refractivity contribution in [3.63, 3.8) is 0 Å². The summed E-state index contributed by atoms with van der Waals surface area (Å²) in [5.74, 6) is 0.0411. The highest BCUT2D eigenvalue weighted by atomic mass is 16.6. The molecule has 0 unspecified atom stereocenters. The number of hydrogen-bond acceptors (Lipinski definition) is 7. The van der Waals surface area contributed by atoms with Crippen LogP contribution < -0.4 is 9.47 Å². The number of nitro groups is 1. The zero-order valence-corrected chi connectivity index (χ0v) is 15.3. The molecule has 1 aliphatic heterocycles. The van der Waals surface area contributed by atoms with Gasteiger partial charge in [0.1, 0.15) is 11.5 Å². The normalized spacial score (nSPS) is 13.8. The van der Waals surface area contributed by atoms with Crippen molar-refractivity contribution in [3.05, 3.63) is 69.0 Å². The van der Waals surface area contributed by atoms with Crippen molar-refractivity contribution in [3.8, 4) is 11.5 Å². The van der Waals surface area contributed by atoms with E-state index in [9.17, 15) is 19.7 Å². The van der Waals surface area contributed by atoms with Gasteiger partial charge in [0.25, 0.3) is 5.69 Å². The molecule has 0 saturated heterocycles. The first-order valence-electron chi connectivity index (χ1n) is 8.50. The second kappa shape index (κ2) is 7.91. The zero-order chi connectivity index (χ0) is 20.3. The number of hydrogen-bond donors (Lipinski definition) is 0. The summed E-state index contributed by atoms with van der Waals surface area (Å²) in [5.41, 5.74) is 1.62. The maximum absolute atomic E-state index is 12.6. The smallest absolute Gasteiger partial charge is 0.344 e. The van der Waals surface area contributed by atoms with E-state index in [1.54, 1.807) is 19.9 Å². The number of allylic oxidation sites excluding steroid dienone is 1. The standard InChI is InChI=1S/C20H17NO7/c1-3-26-18(22)11-27-15-8-12(2)19-16(10-15)28-17(20(19)23)9-13-4-6-14(7-5-13)21(24)25/h4-10H,3,11H2,1-2H3/b17-9-. The molecule has 8 heteroatoms. The summed E-state index contributed by atoms with van der Waals surface area (Å²) in [5, 5.41) is 10.7. The molecule has 0 spiro atoms. The second-order valence-corrected chi connectivity index (χ2v) is 6.00. The molecule has 0 fully saturated rings. The van der Waals surface area contributed by atoms with Gasteiger partial charge in [-0.3, -0.25) is 14.9 Å². The van der Waals surface area contributed by atoms with E-state index in [0.717, 1.165) is 0 Å². The highest BCUT2D eigenvalue weighted by molar-refractivity contribution is 6.15. The number of esters is 1. The van der Waals surface area contributed by atoms with Crippen LogP contribution in [0.25, 0.3) is 6.08 Å². The number of fused-ring (bicyclic) bond motifs is 1. The monoisotopic (exact) mass is 383 g/mol. The molecule has 1 aliphatic rings. The van der Waals surface area contributed by atoms with Crippen molar-refractivity contribution in [1.82, 2.24) is 0 Å². The van der Waals surface area contributed by atoms with E-state index in [0.29, 0.717) is 28.2 Å². The molecule has 0 aromatic heterocycles. The summed E-state index contributed by atoms with van der Waals surface area (Å²) in [4.78, 5) is 34.3. The van der Waals surface area contributed by atoms with Crippen LogP contribution >= 0.6 is 0 Å². The van der Waals surface area contributed by atoms with Crippen LogP contribution in [0, 0.1) is 17.0 Å². The van der Waals surface area contributed by atoms with Gasteiger partial charge in [-0.05, 0) is 49.2 Å². The van der Waals surface area contributed by atoms with Gasteiger partial charge in [0.05, 0.1) is 17.1 Å². The van der Waals surface area contributed by atoms with Gasteiger partial charge in [-0.15, -0.1) is 0 Å². The lowest BCUT2D eigenvalue weighted by molar-refractivity contribution is -0.384. The minimum atomic E-state index is -0.495. The molecule has 0 radical (unpaired) electrons. The maximum Gasteiger partial charge on any atom is 0.344 e. The van der Waals surface area contributed by atoms with Crippen LogP contribution in [0.4, 0.5) is 5.69 Å². The van der Waals surface area contributed by atoms with Crippen LogP contribution in [0.5, 0.6) is 11.5 Å². The van der Waals surface area contributed by atoms with E-state index in [4.69, 9.17) is 14.2 Å². The van der Waals surface area contributed by atoms with Gasteiger partial charge in [0.2, 0.25) is 5.78 Å². The molecule has 2 aromatic rings. The molecular weight excluding hydrogens is 366 g/mol. The number of nitro benzene ring substituents is 1. The molecular formula is C20H17NO7. The van der Waals surface area contributed by atoms with Gasteiger partial charge >= 0.3 is 5.97 Å². The number of carbonyl (C=O) groups is 2. The van der Waals surface area contributed by atoms with Crippen molar-refractivity contribution in [2.75, 3.05) is 13.2 Å². The van der Waals surface area contributed by atoms with Crippen LogP contribution in [-0.4, -0.2) is 29.9 Å². The molecule has 28 heavy (non-hydrogen) atoms. The summed E-state index contributed by atoms with van der Waals surface area (Å²) in [7, 11) is 0. The molecule has 0 amide bonds. The lowest BCUT2D eigenvalue weighted by atomic mass is 10.0. The third kappa shape index (κ3) is 4.01. The average Bonchev–Trinajstić information content (AvgIpc) is 2.96. The molecule has 144 valence electrons. The third-order valence-electron chi connectivity index (χ3n) is 4.01. The van der Waals surface area contributed by atoms with E-state index < -0.39 is 10.9 Å². The molecule has 8 nitrogen and oxygen atoms in total. The fourth-order valence-corrected chi connectivity index (χ4v) is 2.75. The Balaban J connectivity index is 1.80. The lowest BCUT2D eigenvalue weighted by Crippen LogP contribution is -2.14. The zero-order valence-electron chi connectivity index (χ0n) is 15.3. The Kier molecular flexibility index (Phi) is 5.39. The quantitative estimate of drug-likeness (QED) is 0.325. The van der Waals surface area contributed by atoms with Crippen LogP contribution in [0.2, 0.25) is 0 Å². The Bertz CT molecular complexity index is 977. The molecule has 0 aliphatic carbocycles. The van der Waals surface area contributed by atoms with E-state index in [1.807, 2.05) is 0 Å². The summed E-state index contributed by atoms with van der Waals surface area (Å²) >= 11 is 0. The highest BCUT2D eigenvalue weighted by Gasteiger charge is 2.30. The molecule has 0 N–H and O–H groups in total. The predicted molar refractivity (Wildman–Crippen MR) is 99.3 cm³/mol. The van der Waals surface area contributed by atoms with Crippen molar-refractivity contribution in [2.24, 2.45) is 0 Å². The molecule has 0 atom stereocenters. The van der Waals surface area contributed by atoms with Crippen molar-refractivity contribution in [2.45, 2.75) is 13.8 Å².